The highest BCUT2D eigenvalue weighted by Crippen LogP contribution is 2.45. The number of nitrogens with zero attached hydrogens (tertiary/aromatic N) is 3. The SMILES string of the molecule is c1ccc(-c2ccc3ccc4c5c(ccc2c35)cc2c4c3cnccc3n2-c2ccc3c(c2)c2ccccc2n3-c2ccccc2)cc1. The lowest BCUT2D eigenvalue weighted by Gasteiger charge is -2.16. The van der Waals surface area contributed by atoms with E-state index < -0.39 is 0 Å². The second-order valence-electron chi connectivity index (χ2n) is 12.8. The lowest BCUT2D eigenvalue weighted by Crippen LogP contribution is -1.96. The molecule has 48 heavy (non-hydrogen) atoms. The number of hydrogen-bond donors (Lipinski definition) is 0. The van der Waals surface area contributed by atoms with Gasteiger partial charge in [-0.25, -0.2) is 0 Å². The number of hydrogen-bond acceptors (Lipinski definition) is 1. The highest BCUT2D eigenvalue weighted by Gasteiger charge is 2.21. The van der Waals surface area contributed by atoms with Gasteiger partial charge >= 0.3 is 0 Å². The fourth-order valence-electron chi connectivity index (χ4n) is 8.33. The van der Waals surface area contributed by atoms with E-state index in [0.29, 0.717) is 0 Å². The molecular formula is C45H27N3. The van der Waals surface area contributed by atoms with Crippen molar-refractivity contribution >= 4 is 75.9 Å². The molecule has 3 nitrogen and oxygen atoms in total. The average molecular weight is 610 g/mol. The molecule has 0 saturated carbocycles. The third-order valence-electron chi connectivity index (χ3n) is 10.3. The van der Waals surface area contributed by atoms with Crippen LogP contribution in [0.4, 0.5) is 0 Å². The molecule has 0 saturated heterocycles. The molecule has 0 spiro atoms. The molecule has 3 heterocycles. The third kappa shape index (κ3) is 3.40. The molecule has 3 heteroatoms. The summed E-state index contributed by atoms with van der Waals surface area (Å²) < 4.78 is 4.81. The van der Waals surface area contributed by atoms with Gasteiger partial charge in [-0.1, -0.05) is 103 Å². The van der Waals surface area contributed by atoms with E-state index in [4.69, 9.17) is 0 Å². The smallest absolute Gasteiger partial charge is 0.0572 e. The summed E-state index contributed by atoms with van der Waals surface area (Å²) in [4.78, 5) is 4.64. The van der Waals surface area contributed by atoms with Crippen molar-refractivity contribution in [3.05, 3.63) is 164 Å². The van der Waals surface area contributed by atoms with Gasteiger partial charge in [0.1, 0.15) is 0 Å². The standard InChI is InChI=1S/C45H27N3/c1-3-9-28(10-4-1)33-19-15-29-16-21-36-44-30(17-20-35(33)43(29)44)25-42-45(36)38-27-46-24-23-41(38)48(42)32-18-22-40-37(26-32)34-13-7-8-14-39(34)47(40)31-11-5-2-6-12-31/h1-27H. The zero-order valence-electron chi connectivity index (χ0n) is 25.9. The van der Waals surface area contributed by atoms with Crippen LogP contribution in [-0.2, 0) is 0 Å². The number of rotatable bonds is 3. The molecule has 0 unspecified atom stereocenters. The number of para-hydroxylation sites is 2. The molecule has 0 atom stereocenters. The Bertz CT molecular complexity index is 3040. The maximum atomic E-state index is 4.64. The lowest BCUT2D eigenvalue weighted by molar-refractivity contribution is 1.16. The van der Waals surface area contributed by atoms with Gasteiger partial charge in [-0.3, -0.25) is 4.98 Å². The van der Waals surface area contributed by atoms with E-state index >= 15 is 0 Å². The van der Waals surface area contributed by atoms with Gasteiger partial charge in [0.15, 0.2) is 0 Å². The number of aromatic nitrogens is 3. The average Bonchev–Trinajstić information content (AvgIpc) is 3.66. The van der Waals surface area contributed by atoms with E-state index in [1.54, 1.807) is 0 Å². The van der Waals surface area contributed by atoms with Crippen LogP contribution in [0.5, 0.6) is 0 Å². The summed E-state index contributed by atoms with van der Waals surface area (Å²) in [6, 6.07) is 55.4. The van der Waals surface area contributed by atoms with Gasteiger partial charge in [0.05, 0.1) is 22.1 Å². The second-order valence-corrected chi connectivity index (χ2v) is 12.8. The summed E-state index contributed by atoms with van der Waals surface area (Å²) in [6.07, 6.45) is 3.96. The van der Waals surface area contributed by atoms with Gasteiger partial charge in [0, 0.05) is 45.3 Å². The summed E-state index contributed by atoms with van der Waals surface area (Å²) in [5, 5.41) is 12.6. The molecule has 11 aromatic rings. The number of fused-ring (bicyclic) bond motifs is 7. The van der Waals surface area contributed by atoms with Crippen molar-refractivity contribution in [1.82, 2.24) is 14.1 Å². The first-order valence-electron chi connectivity index (χ1n) is 16.5. The molecule has 0 fully saturated rings. The number of pyridine rings is 1. The van der Waals surface area contributed by atoms with Gasteiger partial charge < -0.3 is 9.13 Å². The van der Waals surface area contributed by atoms with Crippen molar-refractivity contribution in [2.24, 2.45) is 0 Å². The van der Waals surface area contributed by atoms with Crippen LogP contribution in [0, 0.1) is 0 Å². The van der Waals surface area contributed by atoms with E-state index in [1.165, 1.54) is 87.2 Å². The maximum Gasteiger partial charge on any atom is 0.0572 e. The fourth-order valence-corrected chi connectivity index (χ4v) is 8.33. The summed E-state index contributed by atoms with van der Waals surface area (Å²) >= 11 is 0. The largest absolute Gasteiger partial charge is 0.309 e. The second kappa shape index (κ2) is 9.54. The van der Waals surface area contributed by atoms with Crippen LogP contribution in [-0.4, -0.2) is 14.1 Å². The third-order valence-corrected chi connectivity index (χ3v) is 10.3. The zero-order valence-corrected chi connectivity index (χ0v) is 25.9. The first kappa shape index (κ1) is 25.7. The molecule has 11 rings (SSSR count). The van der Waals surface area contributed by atoms with Crippen LogP contribution < -0.4 is 0 Å². The van der Waals surface area contributed by atoms with Gasteiger partial charge in [-0.2, -0.15) is 0 Å². The number of benzene rings is 8. The van der Waals surface area contributed by atoms with Gasteiger partial charge in [-0.05, 0) is 92.0 Å². The van der Waals surface area contributed by atoms with E-state index in [2.05, 4.69) is 166 Å². The Balaban J connectivity index is 1.24. The van der Waals surface area contributed by atoms with Crippen molar-refractivity contribution < 1.29 is 0 Å². The van der Waals surface area contributed by atoms with Crippen molar-refractivity contribution in [3.8, 4) is 22.5 Å². The summed E-state index contributed by atoms with van der Waals surface area (Å²) in [7, 11) is 0. The van der Waals surface area contributed by atoms with Crippen LogP contribution >= 0.6 is 0 Å². The van der Waals surface area contributed by atoms with Crippen LogP contribution in [0.3, 0.4) is 0 Å². The Hall–Kier alpha value is -6.45. The first-order valence-corrected chi connectivity index (χ1v) is 16.5. The normalized spacial score (nSPS) is 12.2. The summed E-state index contributed by atoms with van der Waals surface area (Å²) in [6.45, 7) is 0. The summed E-state index contributed by atoms with van der Waals surface area (Å²) in [5.74, 6) is 0. The first-order chi connectivity index (χ1) is 23.8. The quantitative estimate of drug-likeness (QED) is 0.183. The van der Waals surface area contributed by atoms with E-state index in [-0.39, 0.29) is 0 Å². The molecule has 0 bridgehead atoms. The molecule has 0 N–H and O–H groups in total. The van der Waals surface area contributed by atoms with Crippen molar-refractivity contribution in [1.29, 1.82) is 0 Å². The molecule has 0 amide bonds. The molecule has 3 aromatic heterocycles. The van der Waals surface area contributed by atoms with Gasteiger partial charge in [-0.15, -0.1) is 0 Å². The minimum atomic E-state index is 1.14. The van der Waals surface area contributed by atoms with Gasteiger partial charge in [0.2, 0.25) is 0 Å². The maximum absolute atomic E-state index is 4.64. The van der Waals surface area contributed by atoms with Crippen molar-refractivity contribution in [2.45, 2.75) is 0 Å². The highest BCUT2D eigenvalue weighted by atomic mass is 15.0. The minimum Gasteiger partial charge on any atom is -0.309 e. The van der Waals surface area contributed by atoms with Crippen LogP contribution in [0.15, 0.2) is 164 Å². The molecule has 8 aromatic carbocycles. The molecule has 222 valence electrons. The Kier molecular flexibility index (Phi) is 5.11. The van der Waals surface area contributed by atoms with E-state index in [1.807, 2.05) is 12.4 Å². The fraction of sp³-hybridized carbons (Fsp3) is 0. The monoisotopic (exact) mass is 609 g/mol. The predicted molar refractivity (Wildman–Crippen MR) is 202 cm³/mol. The predicted octanol–water partition coefficient (Wildman–Crippen LogP) is 11.8. The minimum absolute atomic E-state index is 1.14. The Morgan fingerprint density at radius 2 is 1.06 bits per heavy atom. The molecule has 0 aliphatic rings. The Morgan fingerprint density at radius 1 is 0.375 bits per heavy atom. The topological polar surface area (TPSA) is 22.8 Å². The lowest BCUT2D eigenvalue weighted by atomic mass is 9.88. The molecule has 0 radical (unpaired) electrons. The Morgan fingerprint density at radius 3 is 1.96 bits per heavy atom. The van der Waals surface area contributed by atoms with Crippen LogP contribution in [0.25, 0.3) is 98.4 Å². The van der Waals surface area contributed by atoms with Crippen LogP contribution in [0.1, 0.15) is 0 Å². The molecule has 0 aliphatic carbocycles. The van der Waals surface area contributed by atoms with E-state index in [0.717, 1.165) is 11.2 Å². The van der Waals surface area contributed by atoms with Crippen LogP contribution in [0.2, 0.25) is 0 Å². The molecule has 0 aliphatic heterocycles. The van der Waals surface area contributed by atoms with Crippen molar-refractivity contribution in [3.63, 3.8) is 0 Å². The van der Waals surface area contributed by atoms with E-state index in [9.17, 15) is 0 Å². The van der Waals surface area contributed by atoms with Crippen molar-refractivity contribution in [2.75, 3.05) is 0 Å². The zero-order chi connectivity index (χ0) is 31.3. The highest BCUT2D eigenvalue weighted by molar-refractivity contribution is 6.34. The Labute approximate surface area is 275 Å². The summed E-state index contributed by atoms with van der Waals surface area (Å²) in [5.41, 5.74) is 9.58. The van der Waals surface area contributed by atoms with Gasteiger partial charge in [0.25, 0.3) is 0 Å². The molecular weight excluding hydrogens is 583 g/mol.